The smallest absolute Gasteiger partial charge is 0.209 e. The number of fused-ring (bicyclic) bond motifs is 1. The number of nitrogens with zero attached hydrogens (tertiary/aromatic N) is 4. The molecule has 188 valence electrons. The minimum Gasteiger partial charge on any atom is -0.373 e. The van der Waals surface area contributed by atoms with Crippen LogP contribution < -0.4 is 4.72 Å². The van der Waals surface area contributed by atoms with E-state index in [0.29, 0.717) is 30.9 Å². The lowest BCUT2D eigenvalue weighted by Crippen LogP contribution is -2.52. The van der Waals surface area contributed by atoms with Crippen LogP contribution in [0.2, 0.25) is 0 Å². The van der Waals surface area contributed by atoms with Crippen LogP contribution in [0.1, 0.15) is 25.3 Å². The van der Waals surface area contributed by atoms with Crippen LogP contribution in [-0.2, 0) is 21.4 Å². The number of nitrogens with one attached hydrogen (secondary N) is 1. The first-order valence-electron chi connectivity index (χ1n) is 11.6. The molecule has 4 rings (SSSR count). The molecule has 1 aromatic rings. The van der Waals surface area contributed by atoms with E-state index in [1.165, 1.54) is 6.07 Å². The number of allylic oxidation sites excluding steroid dienone is 2. The highest BCUT2D eigenvalue weighted by molar-refractivity contribution is 7.88. The van der Waals surface area contributed by atoms with E-state index in [1.54, 1.807) is 23.2 Å². The van der Waals surface area contributed by atoms with Gasteiger partial charge in [-0.3, -0.25) is 4.90 Å². The maximum atomic E-state index is 13.9. The van der Waals surface area contributed by atoms with Crippen molar-refractivity contribution in [1.29, 1.82) is 0 Å². The Morgan fingerprint density at radius 2 is 2.03 bits per heavy atom. The lowest BCUT2D eigenvalue weighted by Gasteiger charge is -2.42. The molecule has 3 heterocycles. The number of hydrogen-bond donors (Lipinski definition) is 1. The van der Waals surface area contributed by atoms with Crippen LogP contribution in [0, 0.1) is 5.82 Å². The van der Waals surface area contributed by atoms with Gasteiger partial charge in [0.1, 0.15) is 11.6 Å². The normalized spacial score (nSPS) is 23.1. The first kappa shape index (κ1) is 25.2. The summed E-state index contributed by atoms with van der Waals surface area (Å²) in [6, 6.07) is 6.21. The number of hydrogen-bond acceptors (Lipinski definition) is 7. The Balaban J connectivity index is 1.40. The molecule has 3 aliphatic rings. The highest BCUT2D eigenvalue weighted by atomic mass is 32.2. The Labute approximate surface area is 206 Å². The third-order valence-electron chi connectivity index (χ3n) is 6.27. The molecule has 35 heavy (non-hydrogen) atoms. The fourth-order valence-electron chi connectivity index (χ4n) is 4.61. The molecule has 0 bridgehead atoms. The summed E-state index contributed by atoms with van der Waals surface area (Å²) in [4.78, 5) is 3.97. The number of amidine groups is 1. The Kier molecular flexibility index (Phi) is 7.44. The average Bonchev–Trinajstić information content (AvgIpc) is 3.10. The van der Waals surface area contributed by atoms with E-state index in [0.717, 1.165) is 24.2 Å². The van der Waals surface area contributed by atoms with Gasteiger partial charge in [-0.15, -0.1) is 0 Å². The highest BCUT2D eigenvalue weighted by Gasteiger charge is 2.33. The van der Waals surface area contributed by atoms with Crippen LogP contribution in [0.4, 0.5) is 4.39 Å². The van der Waals surface area contributed by atoms with Crippen LogP contribution >= 0.6 is 0 Å². The van der Waals surface area contributed by atoms with Crippen molar-refractivity contribution in [3.8, 4) is 0 Å². The number of ether oxygens (including phenoxy) is 1. The van der Waals surface area contributed by atoms with Crippen LogP contribution in [0.5, 0.6) is 0 Å². The largest absolute Gasteiger partial charge is 0.373 e. The van der Waals surface area contributed by atoms with Gasteiger partial charge < -0.3 is 9.64 Å². The van der Waals surface area contributed by atoms with Gasteiger partial charge in [-0.2, -0.15) is 5.10 Å². The van der Waals surface area contributed by atoms with Gasteiger partial charge in [-0.25, -0.2) is 22.5 Å². The number of sulfonamides is 1. The van der Waals surface area contributed by atoms with E-state index in [-0.39, 0.29) is 24.6 Å². The fourth-order valence-corrected chi connectivity index (χ4v) is 5.36. The molecule has 8 nitrogen and oxygen atoms in total. The standard InChI is InChI=1S/C25H32FN5O3S/c1-18-13-23(34-17-21-9-5-6-10-24(21)26)14-19(2)30(18)15-22(28-35(4,32)33)16-31-20(3)29-12-8-7-11-25(29)27-31/h5-12,19,22-23,28H,1,3,13-17H2,2,4H3. The summed E-state index contributed by atoms with van der Waals surface area (Å²) in [5.41, 5.74) is 1.39. The minimum atomic E-state index is -3.46. The zero-order chi connectivity index (χ0) is 25.2. The van der Waals surface area contributed by atoms with Crippen LogP contribution in [-0.4, -0.2) is 66.6 Å². The lowest BCUT2D eigenvalue weighted by molar-refractivity contribution is -0.00560. The predicted molar refractivity (Wildman–Crippen MR) is 135 cm³/mol. The SMILES string of the molecule is C=C1N(CC(CN2C(=C)CC(OCc3ccccc3F)CC2C)NS(C)(=O)=O)N=C2C=CC=CN12. The molecule has 1 fully saturated rings. The van der Waals surface area contributed by atoms with Gasteiger partial charge in [-0.05, 0) is 31.6 Å². The molecule has 3 atom stereocenters. The van der Waals surface area contributed by atoms with E-state index >= 15 is 0 Å². The van der Waals surface area contributed by atoms with E-state index < -0.39 is 16.1 Å². The maximum absolute atomic E-state index is 13.9. The summed E-state index contributed by atoms with van der Waals surface area (Å²) in [6.07, 6.45) is 9.91. The topological polar surface area (TPSA) is 77.5 Å². The van der Waals surface area contributed by atoms with Gasteiger partial charge in [0.05, 0.1) is 31.6 Å². The minimum absolute atomic E-state index is 0.0658. The third-order valence-corrected chi connectivity index (χ3v) is 7.03. The summed E-state index contributed by atoms with van der Waals surface area (Å²) in [5.74, 6) is 1.12. The summed E-state index contributed by atoms with van der Waals surface area (Å²) >= 11 is 0. The summed E-state index contributed by atoms with van der Waals surface area (Å²) in [6.45, 7) is 11.3. The van der Waals surface area contributed by atoms with E-state index in [4.69, 9.17) is 4.74 Å². The molecule has 0 amide bonds. The molecular formula is C25H32FN5O3S. The number of benzene rings is 1. The monoisotopic (exact) mass is 501 g/mol. The van der Waals surface area contributed by atoms with Crippen molar-refractivity contribution in [2.75, 3.05) is 19.3 Å². The summed E-state index contributed by atoms with van der Waals surface area (Å²) in [5, 5.41) is 6.29. The molecule has 0 saturated carbocycles. The number of rotatable bonds is 9. The van der Waals surface area contributed by atoms with Crippen molar-refractivity contribution in [3.05, 3.63) is 84.8 Å². The third kappa shape index (κ3) is 6.19. The molecule has 0 radical (unpaired) electrons. The summed E-state index contributed by atoms with van der Waals surface area (Å²) < 4.78 is 47.0. The quantitative estimate of drug-likeness (QED) is 0.560. The van der Waals surface area contributed by atoms with Crippen LogP contribution in [0.25, 0.3) is 0 Å². The molecule has 3 aliphatic heterocycles. The zero-order valence-corrected chi connectivity index (χ0v) is 20.9. The Morgan fingerprint density at radius 1 is 1.26 bits per heavy atom. The molecule has 0 aromatic heterocycles. The second kappa shape index (κ2) is 10.3. The van der Waals surface area contributed by atoms with E-state index in [2.05, 4.69) is 34.8 Å². The number of likely N-dealkylation sites (tertiary alicyclic amines) is 1. The Bertz CT molecular complexity index is 1180. The molecule has 0 spiro atoms. The maximum Gasteiger partial charge on any atom is 0.209 e. The molecule has 10 heteroatoms. The molecule has 0 aliphatic carbocycles. The van der Waals surface area contributed by atoms with E-state index in [1.807, 2.05) is 29.3 Å². The van der Waals surface area contributed by atoms with Crippen LogP contribution in [0.15, 0.2) is 78.5 Å². The van der Waals surface area contributed by atoms with Gasteiger partial charge in [-0.1, -0.05) is 37.4 Å². The Morgan fingerprint density at radius 3 is 2.71 bits per heavy atom. The molecular weight excluding hydrogens is 469 g/mol. The van der Waals surface area contributed by atoms with Gasteiger partial charge in [0.2, 0.25) is 10.0 Å². The molecule has 3 unspecified atom stereocenters. The highest BCUT2D eigenvalue weighted by Crippen LogP contribution is 2.29. The average molecular weight is 502 g/mol. The van der Waals surface area contributed by atoms with Crippen LogP contribution in [0.3, 0.4) is 0 Å². The first-order valence-corrected chi connectivity index (χ1v) is 13.5. The van der Waals surface area contributed by atoms with Crippen molar-refractivity contribution < 1.29 is 17.5 Å². The van der Waals surface area contributed by atoms with Crippen molar-refractivity contribution in [1.82, 2.24) is 19.5 Å². The van der Waals surface area contributed by atoms with Crippen molar-refractivity contribution >= 4 is 15.9 Å². The van der Waals surface area contributed by atoms with Gasteiger partial charge in [0.15, 0.2) is 5.84 Å². The molecule has 1 aromatic carbocycles. The predicted octanol–water partition coefficient (Wildman–Crippen LogP) is 3.11. The van der Waals surface area contributed by atoms with Crippen molar-refractivity contribution in [2.24, 2.45) is 5.10 Å². The zero-order valence-electron chi connectivity index (χ0n) is 20.1. The second-order valence-corrected chi connectivity index (χ2v) is 10.9. The summed E-state index contributed by atoms with van der Waals surface area (Å²) in [7, 11) is -3.46. The van der Waals surface area contributed by atoms with Gasteiger partial charge in [0.25, 0.3) is 0 Å². The van der Waals surface area contributed by atoms with Gasteiger partial charge in [0, 0.05) is 36.5 Å². The molecule has 1 N–H and O–H groups in total. The number of hydrazone groups is 1. The van der Waals surface area contributed by atoms with Crippen molar-refractivity contribution in [3.63, 3.8) is 0 Å². The lowest BCUT2D eigenvalue weighted by atomic mass is 9.97. The van der Waals surface area contributed by atoms with Crippen molar-refractivity contribution in [2.45, 2.75) is 44.6 Å². The van der Waals surface area contributed by atoms with E-state index in [9.17, 15) is 12.8 Å². The first-order chi connectivity index (χ1) is 16.6. The number of piperidine rings is 1. The second-order valence-electron chi connectivity index (χ2n) is 9.15. The number of halogens is 1. The molecule has 1 saturated heterocycles. The van der Waals surface area contributed by atoms with Gasteiger partial charge >= 0.3 is 0 Å². The Hall–Kier alpha value is -2.95. The fraction of sp³-hybridized carbons (Fsp3) is 0.400.